The number of hydrogen-bond donors (Lipinski definition) is 0. The fourth-order valence-corrected chi connectivity index (χ4v) is 3.94. The van der Waals surface area contributed by atoms with Gasteiger partial charge in [0.1, 0.15) is 5.82 Å². The predicted molar refractivity (Wildman–Crippen MR) is 108 cm³/mol. The second kappa shape index (κ2) is 8.61. The number of carbonyl (C=O) groups excluding carboxylic acids is 2. The number of esters is 1. The summed E-state index contributed by atoms with van der Waals surface area (Å²) in [5.74, 6) is 0.371. The van der Waals surface area contributed by atoms with Crippen LogP contribution >= 0.6 is 0 Å². The first-order chi connectivity index (χ1) is 14.2. The van der Waals surface area contributed by atoms with Crippen molar-refractivity contribution in [3.8, 4) is 0 Å². The minimum absolute atomic E-state index is 0.0572. The SMILES string of the molecule is CCOC(=O)c1cccc(N2C[C@@H]3OCCC(=O)N(Cc4ccccc4)[C@H]3C2)n1. The summed E-state index contributed by atoms with van der Waals surface area (Å²) in [7, 11) is 0. The van der Waals surface area contributed by atoms with E-state index in [1.54, 1.807) is 19.1 Å². The fraction of sp³-hybridized carbons (Fsp3) is 0.409. The summed E-state index contributed by atoms with van der Waals surface area (Å²) in [4.78, 5) is 33.3. The zero-order valence-electron chi connectivity index (χ0n) is 16.5. The Balaban J connectivity index is 1.54. The molecule has 0 saturated carbocycles. The lowest BCUT2D eigenvalue weighted by molar-refractivity contribution is -0.133. The van der Waals surface area contributed by atoms with Crippen molar-refractivity contribution >= 4 is 17.7 Å². The van der Waals surface area contributed by atoms with Gasteiger partial charge in [0.25, 0.3) is 0 Å². The number of hydrogen-bond acceptors (Lipinski definition) is 6. The highest BCUT2D eigenvalue weighted by Gasteiger charge is 2.41. The fourth-order valence-electron chi connectivity index (χ4n) is 3.94. The summed E-state index contributed by atoms with van der Waals surface area (Å²) in [5.41, 5.74) is 1.39. The van der Waals surface area contributed by atoms with Crippen molar-refractivity contribution in [3.05, 3.63) is 59.8 Å². The number of pyridine rings is 1. The third-order valence-electron chi connectivity index (χ3n) is 5.34. The van der Waals surface area contributed by atoms with Gasteiger partial charge in [-0.3, -0.25) is 4.79 Å². The van der Waals surface area contributed by atoms with E-state index in [4.69, 9.17) is 9.47 Å². The first-order valence-corrected chi connectivity index (χ1v) is 10.00. The Morgan fingerprint density at radius 1 is 1.17 bits per heavy atom. The summed E-state index contributed by atoms with van der Waals surface area (Å²) >= 11 is 0. The maximum absolute atomic E-state index is 12.8. The molecule has 1 amide bonds. The van der Waals surface area contributed by atoms with E-state index in [9.17, 15) is 9.59 Å². The van der Waals surface area contributed by atoms with E-state index in [0.717, 1.165) is 5.56 Å². The lowest BCUT2D eigenvalue weighted by atomic mass is 10.1. The zero-order valence-corrected chi connectivity index (χ0v) is 16.5. The maximum Gasteiger partial charge on any atom is 0.356 e. The number of nitrogens with zero attached hydrogens (tertiary/aromatic N) is 3. The van der Waals surface area contributed by atoms with Crippen LogP contribution in [0.3, 0.4) is 0 Å². The number of anilines is 1. The van der Waals surface area contributed by atoms with Crippen LogP contribution in [0.4, 0.5) is 5.82 Å². The highest BCUT2D eigenvalue weighted by molar-refractivity contribution is 5.87. The second-order valence-corrected chi connectivity index (χ2v) is 7.24. The van der Waals surface area contributed by atoms with Crippen molar-refractivity contribution in [2.24, 2.45) is 0 Å². The smallest absolute Gasteiger partial charge is 0.356 e. The van der Waals surface area contributed by atoms with Gasteiger partial charge in [0.2, 0.25) is 5.91 Å². The summed E-state index contributed by atoms with van der Waals surface area (Å²) in [6.07, 6.45) is 0.314. The molecule has 4 rings (SSSR count). The Kier molecular flexibility index (Phi) is 5.76. The number of amides is 1. The lowest BCUT2D eigenvalue weighted by Crippen LogP contribution is -2.45. The number of benzene rings is 1. The molecule has 3 heterocycles. The van der Waals surface area contributed by atoms with Gasteiger partial charge in [-0.1, -0.05) is 36.4 Å². The Bertz CT molecular complexity index is 873. The van der Waals surface area contributed by atoms with Crippen molar-refractivity contribution in [3.63, 3.8) is 0 Å². The third kappa shape index (κ3) is 4.24. The Morgan fingerprint density at radius 2 is 2.00 bits per heavy atom. The van der Waals surface area contributed by atoms with Crippen molar-refractivity contribution < 1.29 is 19.1 Å². The minimum atomic E-state index is -0.431. The van der Waals surface area contributed by atoms with Crippen molar-refractivity contribution in [1.82, 2.24) is 9.88 Å². The van der Waals surface area contributed by atoms with E-state index < -0.39 is 5.97 Å². The van der Waals surface area contributed by atoms with E-state index in [-0.39, 0.29) is 23.7 Å². The molecule has 152 valence electrons. The molecule has 7 nitrogen and oxygen atoms in total. The maximum atomic E-state index is 12.8. The summed E-state index contributed by atoms with van der Waals surface area (Å²) in [6.45, 7) is 4.31. The summed E-state index contributed by atoms with van der Waals surface area (Å²) < 4.78 is 11.1. The van der Waals surface area contributed by atoms with Crippen LogP contribution in [0, 0.1) is 0 Å². The van der Waals surface area contributed by atoms with Crippen molar-refractivity contribution in [2.45, 2.75) is 32.0 Å². The van der Waals surface area contributed by atoms with Crippen LogP contribution in [0.25, 0.3) is 0 Å². The average molecular weight is 395 g/mol. The molecule has 7 heteroatoms. The van der Waals surface area contributed by atoms with Crippen LogP contribution in [0.5, 0.6) is 0 Å². The highest BCUT2D eigenvalue weighted by atomic mass is 16.5. The van der Waals surface area contributed by atoms with Crippen molar-refractivity contribution in [1.29, 1.82) is 0 Å². The van der Waals surface area contributed by atoms with Gasteiger partial charge in [0.05, 0.1) is 31.8 Å². The molecular formula is C22H25N3O4. The van der Waals surface area contributed by atoms with Crippen LogP contribution in [-0.2, 0) is 20.8 Å². The molecule has 2 fully saturated rings. The van der Waals surface area contributed by atoms with Gasteiger partial charge in [0, 0.05) is 19.6 Å². The Hall–Kier alpha value is -2.93. The molecule has 29 heavy (non-hydrogen) atoms. The molecule has 0 unspecified atom stereocenters. The quantitative estimate of drug-likeness (QED) is 0.724. The van der Waals surface area contributed by atoms with E-state index in [2.05, 4.69) is 9.88 Å². The number of fused-ring (bicyclic) bond motifs is 1. The monoisotopic (exact) mass is 395 g/mol. The van der Waals surface area contributed by atoms with Gasteiger partial charge in [-0.15, -0.1) is 0 Å². The lowest BCUT2D eigenvalue weighted by Gasteiger charge is -2.29. The van der Waals surface area contributed by atoms with E-state index >= 15 is 0 Å². The number of ether oxygens (including phenoxy) is 2. The third-order valence-corrected chi connectivity index (χ3v) is 5.34. The van der Waals surface area contributed by atoms with Crippen LogP contribution in [0.15, 0.2) is 48.5 Å². The van der Waals surface area contributed by atoms with E-state index in [0.29, 0.717) is 45.1 Å². The first-order valence-electron chi connectivity index (χ1n) is 10.00. The van der Waals surface area contributed by atoms with Gasteiger partial charge in [-0.2, -0.15) is 0 Å². The molecule has 0 N–H and O–H groups in total. The molecule has 2 atom stereocenters. The highest BCUT2D eigenvalue weighted by Crippen LogP contribution is 2.28. The van der Waals surface area contributed by atoms with E-state index in [1.807, 2.05) is 41.3 Å². The Morgan fingerprint density at radius 3 is 2.79 bits per heavy atom. The van der Waals surface area contributed by atoms with Gasteiger partial charge >= 0.3 is 5.97 Å². The van der Waals surface area contributed by atoms with Gasteiger partial charge in [-0.05, 0) is 24.6 Å². The van der Waals surface area contributed by atoms with Crippen molar-refractivity contribution in [2.75, 3.05) is 31.2 Å². The molecule has 2 aliphatic rings. The molecule has 0 spiro atoms. The molecule has 0 aliphatic carbocycles. The molecule has 0 bridgehead atoms. The normalized spacial score (nSPS) is 21.6. The zero-order chi connectivity index (χ0) is 20.2. The number of aromatic nitrogens is 1. The van der Waals surface area contributed by atoms with E-state index in [1.165, 1.54) is 0 Å². The molecule has 1 aromatic heterocycles. The minimum Gasteiger partial charge on any atom is -0.461 e. The Labute approximate surface area is 170 Å². The van der Waals surface area contributed by atoms with Gasteiger partial charge in [0.15, 0.2) is 5.69 Å². The summed E-state index contributed by atoms with van der Waals surface area (Å²) in [5, 5.41) is 0. The molecule has 2 aliphatic heterocycles. The first kappa shape index (κ1) is 19.4. The molecule has 0 radical (unpaired) electrons. The van der Waals surface area contributed by atoms with Crippen LogP contribution < -0.4 is 4.90 Å². The topological polar surface area (TPSA) is 72.0 Å². The predicted octanol–water partition coefficient (Wildman–Crippen LogP) is 2.26. The molecule has 2 aromatic rings. The average Bonchev–Trinajstić information content (AvgIpc) is 3.11. The van der Waals surface area contributed by atoms with Crippen LogP contribution in [0.1, 0.15) is 29.4 Å². The molecular weight excluding hydrogens is 370 g/mol. The second-order valence-electron chi connectivity index (χ2n) is 7.24. The van der Waals surface area contributed by atoms with Gasteiger partial charge in [-0.25, -0.2) is 9.78 Å². The molecule has 2 saturated heterocycles. The largest absolute Gasteiger partial charge is 0.461 e. The van der Waals surface area contributed by atoms with Crippen LogP contribution in [-0.4, -0.2) is 60.2 Å². The summed E-state index contributed by atoms with van der Waals surface area (Å²) in [6, 6.07) is 15.3. The molecule has 1 aromatic carbocycles. The number of rotatable bonds is 5. The number of carbonyl (C=O) groups is 2. The van der Waals surface area contributed by atoms with Crippen LogP contribution in [0.2, 0.25) is 0 Å². The standard InChI is InChI=1S/C22H25N3O4/c1-2-28-22(27)17-9-6-10-20(23-17)24-14-18-19(15-24)29-12-11-21(26)25(18)13-16-7-4-3-5-8-16/h3-10,18-19H,2,11-15H2,1H3/t18-,19-/m0/s1. The van der Waals surface area contributed by atoms with Gasteiger partial charge < -0.3 is 19.3 Å².